The first-order valence-electron chi connectivity index (χ1n) is 23.8. The zero-order valence-corrected chi connectivity index (χ0v) is 51.4. The van der Waals surface area contributed by atoms with E-state index in [4.69, 9.17) is 27.9 Å². The topological polar surface area (TPSA) is 119 Å². The van der Waals surface area contributed by atoms with Gasteiger partial charge in [0.15, 0.2) is 0 Å². The molecule has 2 saturated heterocycles. The number of rotatable bonds is 6. The van der Waals surface area contributed by atoms with Crippen LogP contribution in [-0.4, -0.2) is 73.9 Å². The van der Waals surface area contributed by atoms with Crippen LogP contribution in [0.1, 0.15) is 38.5 Å². The van der Waals surface area contributed by atoms with Gasteiger partial charge in [0.25, 0.3) is 0 Å². The maximum atomic E-state index is 7.50. The Morgan fingerprint density at radius 1 is 0.189 bits per heavy atom. The molecule has 0 unspecified atom stereocenters. The van der Waals surface area contributed by atoms with Gasteiger partial charge in [-0.1, -0.05) is 230 Å². The molecular weight excluding hydrogens is 1190 g/mol. The molecule has 2 aliphatic rings. The Morgan fingerprint density at radius 2 is 0.284 bits per heavy atom. The average Bonchev–Trinajstić information content (AvgIpc) is 3.48. The molecule has 0 radical (unpaired) electrons. The van der Waals surface area contributed by atoms with E-state index in [1.165, 1.54) is 112 Å². The molecule has 0 aliphatic carbocycles. The molecule has 2 aliphatic heterocycles. The molecule has 6 aromatic rings. The van der Waals surface area contributed by atoms with E-state index in [1.54, 1.807) is 31.8 Å². The standard InChI is InChI=1S/2C27H33P3.6CO.2Mo/c2*1-4-13-25(14-5-1)28-19-10-21-29(26-15-6-2-7-16-26)23-12-24-30(22-11-20-28)27-17-8-3-9-18-27;6*1-2;;/h2*1-9,13-18H,10-12,19-24H2;;;;;;;;. The smallest absolute Gasteiger partial charge is 0 e. The largest absolute Gasteiger partial charge is 0.0753 e. The Balaban J connectivity index is 0. The molecule has 2 fully saturated rings. The maximum absolute atomic E-state index is 7.50. The second-order valence-electron chi connectivity index (χ2n) is 16.1. The van der Waals surface area contributed by atoms with Gasteiger partial charge in [-0.15, -0.1) is 0 Å². The molecule has 74 heavy (non-hydrogen) atoms. The van der Waals surface area contributed by atoms with E-state index in [0.29, 0.717) is 0 Å². The predicted molar refractivity (Wildman–Crippen MR) is 308 cm³/mol. The van der Waals surface area contributed by atoms with Gasteiger partial charge in [0.1, 0.15) is 0 Å². The van der Waals surface area contributed by atoms with Crippen molar-refractivity contribution in [3.05, 3.63) is 222 Å². The molecule has 0 saturated carbocycles. The van der Waals surface area contributed by atoms with E-state index >= 15 is 0 Å². The fraction of sp³-hybridized carbons (Fsp3) is 0.300. The minimum absolute atomic E-state index is 0. The predicted octanol–water partition coefficient (Wildman–Crippen LogP) is 13.0. The molecule has 0 aromatic heterocycles. The molecule has 0 bridgehead atoms. The summed E-state index contributed by atoms with van der Waals surface area (Å²) < 4.78 is 45.0. The van der Waals surface area contributed by atoms with Crippen LogP contribution in [0.15, 0.2) is 182 Å². The third-order valence-corrected chi connectivity index (χ3v) is 28.3. The van der Waals surface area contributed by atoms with Crippen LogP contribution >= 0.6 is 47.5 Å². The summed E-state index contributed by atoms with van der Waals surface area (Å²) in [5.74, 6) is 0. The number of benzene rings is 6. The van der Waals surface area contributed by atoms with Crippen molar-refractivity contribution in [3.8, 4) is 0 Å². The summed E-state index contributed by atoms with van der Waals surface area (Å²) in [7, 11) is -0.0904. The van der Waals surface area contributed by atoms with Crippen LogP contribution in [0, 0.1) is 39.9 Å². The summed E-state index contributed by atoms with van der Waals surface area (Å²) in [4.78, 5) is 0. The van der Waals surface area contributed by atoms with Crippen molar-refractivity contribution in [1.29, 1.82) is 0 Å². The summed E-state index contributed by atoms with van der Waals surface area (Å²) in [6, 6.07) is 68.5. The van der Waals surface area contributed by atoms with Crippen LogP contribution in [0.4, 0.5) is 0 Å². The first-order chi connectivity index (χ1) is 35.8. The molecule has 0 N–H and O–H groups in total. The van der Waals surface area contributed by atoms with Gasteiger partial charge in [0.2, 0.25) is 0 Å². The molecular formula is C60H66Mo2O6P6. The molecule has 0 amide bonds. The van der Waals surface area contributed by atoms with Crippen LogP contribution < -0.4 is 31.8 Å². The maximum Gasteiger partial charge on any atom is 0 e. The van der Waals surface area contributed by atoms with Crippen molar-refractivity contribution >= 4 is 79.4 Å². The fourth-order valence-corrected chi connectivity index (χ4v) is 24.7. The van der Waals surface area contributed by atoms with Gasteiger partial charge in [0.05, 0.1) is 0 Å². The minimum Gasteiger partial charge on any atom is -0.0753 e. The van der Waals surface area contributed by atoms with E-state index in [1.807, 2.05) is 0 Å². The second kappa shape index (κ2) is 51.5. The van der Waals surface area contributed by atoms with Crippen molar-refractivity contribution in [2.75, 3.05) is 73.9 Å². The van der Waals surface area contributed by atoms with Crippen LogP contribution in [-0.2, 0) is 70.0 Å². The van der Waals surface area contributed by atoms with Gasteiger partial charge in [-0.2, -0.15) is 0 Å². The van der Waals surface area contributed by atoms with Gasteiger partial charge in [-0.3, -0.25) is 0 Å². The molecule has 6 nitrogen and oxygen atoms in total. The van der Waals surface area contributed by atoms with E-state index in [-0.39, 0.29) is 89.7 Å². The van der Waals surface area contributed by atoms with Crippen molar-refractivity contribution in [1.82, 2.24) is 0 Å². The summed E-state index contributed by atoms with van der Waals surface area (Å²) in [5, 5.41) is 9.74. The average molecular weight is 1260 g/mol. The van der Waals surface area contributed by atoms with Crippen molar-refractivity contribution in [2.45, 2.75) is 38.5 Å². The van der Waals surface area contributed by atoms with E-state index in [0.717, 1.165) is 0 Å². The van der Waals surface area contributed by atoms with Gasteiger partial charge in [-0.05, 0) is 144 Å². The van der Waals surface area contributed by atoms with Crippen molar-refractivity contribution in [2.24, 2.45) is 0 Å². The van der Waals surface area contributed by atoms with Gasteiger partial charge < -0.3 is 0 Å². The Bertz CT molecular complexity index is 1870. The zero-order chi connectivity index (χ0) is 52.9. The van der Waals surface area contributed by atoms with E-state index in [9.17, 15) is 0 Å². The van der Waals surface area contributed by atoms with Crippen LogP contribution in [0.2, 0.25) is 0 Å². The number of hydrogen-bond donors (Lipinski definition) is 0. The minimum atomic E-state index is -0.0151. The third-order valence-electron chi connectivity index (χ3n) is 11.9. The SMILES string of the molecule is [C-]#[O+].[C-]#[O+].[C-]#[O+].[C-]#[O+].[C-]#[O+].[C-]#[O+].[Mo].[Mo].c1ccc(P2CCCP(c3ccccc3)CCCP(c3ccccc3)CCC2)cc1.c1ccc(P2CCCP(c3ccccc3)CCCP(c3ccccc3)CCC2)cc1. The van der Waals surface area contributed by atoms with Gasteiger partial charge in [-0.25, -0.2) is 0 Å². The normalized spacial score (nSPS) is 19.5. The Morgan fingerprint density at radius 3 is 0.378 bits per heavy atom. The Hall–Kier alpha value is -2.28. The summed E-state index contributed by atoms with van der Waals surface area (Å²) >= 11 is 0. The summed E-state index contributed by atoms with van der Waals surface area (Å²) in [6.45, 7) is 27.0. The molecule has 2 heterocycles. The summed E-state index contributed by atoms with van der Waals surface area (Å²) in [6.07, 6.45) is 25.3. The molecule has 0 spiro atoms. The van der Waals surface area contributed by atoms with Crippen molar-refractivity contribution in [3.63, 3.8) is 0 Å². The monoisotopic (exact) mass is 1260 g/mol. The van der Waals surface area contributed by atoms with Crippen LogP contribution in [0.25, 0.3) is 0 Å². The van der Waals surface area contributed by atoms with E-state index in [2.05, 4.69) is 222 Å². The quantitative estimate of drug-likeness (QED) is 0.0683. The summed E-state index contributed by atoms with van der Waals surface area (Å²) in [5.41, 5.74) is 0. The van der Waals surface area contributed by atoms with E-state index < -0.39 is 0 Å². The first kappa shape index (κ1) is 73.8. The van der Waals surface area contributed by atoms with Crippen LogP contribution in [0.3, 0.4) is 0 Å². The molecule has 8 rings (SSSR count). The number of hydrogen-bond acceptors (Lipinski definition) is 0. The Labute approximate surface area is 480 Å². The molecule has 384 valence electrons. The molecule has 6 aromatic carbocycles. The fourth-order valence-electron chi connectivity index (χ4n) is 8.77. The molecule has 0 atom stereocenters. The third kappa shape index (κ3) is 29.5. The van der Waals surface area contributed by atoms with Crippen molar-refractivity contribution < 1.29 is 70.0 Å². The van der Waals surface area contributed by atoms with Crippen LogP contribution in [0.5, 0.6) is 0 Å². The first-order valence-corrected chi connectivity index (χ1v) is 34.1. The Kier molecular flexibility index (Phi) is 51.3. The zero-order valence-electron chi connectivity index (χ0n) is 42.0. The van der Waals surface area contributed by atoms with Gasteiger partial charge in [0, 0.05) is 42.1 Å². The van der Waals surface area contributed by atoms with Gasteiger partial charge >= 0.3 is 67.8 Å². The second-order valence-corrected chi connectivity index (χ2v) is 31.0. The molecule has 14 heteroatoms.